The van der Waals surface area contributed by atoms with Crippen LogP contribution >= 0.6 is 11.3 Å². The van der Waals surface area contributed by atoms with Crippen molar-refractivity contribution in [1.29, 1.82) is 0 Å². The number of rotatable bonds is 15. The summed E-state index contributed by atoms with van der Waals surface area (Å²) in [5.74, 6) is 0.907. The molecule has 0 saturated heterocycles. The number of thiazole rings is 1. The first-order chi connectivity index (χ1) is 22.0. The third-order valence-electron chi connectivity index (χ3n) is 6.88. The molecule has 4 aromatic carbocycles. The van der Waals surface area contributed by atoms with Gasteiger partial charge in [0.1, 0.15) is 17.2 Å². The van der Waals surface area contributed by atoms with Gasteiger partial charge < -0.3 is 18.9 Å². The highest BCUT2D eigenvalue weighted by atomic mass is 32.1. The van der Waals surface area contributed by atoms with E-state index >= 15 is 0 Å². The zero-order valence-corrected chi connectivity index (χ0v) is 25.7. The Morgan fingerprint density at radius 2 is 1.71 bits per heavy atom. The van der Waals surface area contributed by atoms with E-state index in [0.29, 0.717) is 41.2 Å². The third kappa shape index (κ3) is 8.45. The van der Waals surface area contributed by atoms with Gasteiger partial charge in [-0.3, -0.25) is 5.43 Å². The van der Waals surface area contributed by atoms with Crippen molar-refractivity contribution in [2.45, 2.75) is 25.7 Å². The molecule has 1 heterocycles. The van der Waals surface area contributed by atoms with Crippen molar-refractivity contribution in [3.8, 4) is 17.2 Å². The first kappa shape index (κ1) is 31.2. The smallest absolute Gasteiger partial charge is 0.343 e. The SMILES string of the molecule is C=CC(=O)OCCCCCCOc1ccc(C(=O)Oc2ccc3c(/C=N/Nc4nc5ccccc5s4)c(OC)ccc3c2)cc1. The number of hydrogen-bond acceptors (Lipinski definition) is 10. The molecule has 1 N–H and O–H groups in total. The van der Waals surface area contributed by atoms with Gasteiger partial charge in [-0.05, 0) is 97.1 Å². The van der Waals surface area contributed by atoms with Crippen molar-refractivity contribution >= 4 is 55.6 Å². The van der Waals surface area contributed by atoms with Crippen LogP contribution in [0.2, 0.25) is 0 Å². The van der Waals surface area contributed by atoms with Gasteiger partial charge in [0.2, 0.25) is 5.13 Å². The maximum absolute atomic E-state index is 12.9. The predicted octanol–water partition coefficient (Wildman–Crippen LogP) is 7.79. The van der Waals surface area contributed by atoms with Crippen molar-refractivity contribution in [2.24, 2.45) is 5.10 Å². The Hall–Kier alpha value is -5.22. The second kappa shape index (κ2) is 15.5. The second-order valence-electron chi connectivity index (χ2n) is 9.97. The van der Waals surface area contributed by atoms with Crippen LogP contribution in [0.15, 0.2) is 96.6 Å². The molecule has 1 aromatic heterocycles. The number of fused-ring (bicyclic) bond motifs is 2. The fourth-order valence-electron chi connectivity index (χ4n) is 4.59. The summed E-state index contributed by atoms with van der Waals surface area (Å²) in [5.41, 5.74) is 5.13. The van der Waals surface area contributed by atoms with Crippen LogP contribution in [0.1, 0.15) is 41.6 Å². The topological polar surface area (TPSA) is 108 Å². The Labute approximate surface area is 265 Å². The molecule has 5 rings (SSSR count). The fourth-order valence-corrected chi connectivity index (χ4v) is 5.41. The molecule has 0 saturated carbocycles. The molecule has 0 unspecified atom stereocenters. The number of esters is 2. The Morgan fingerprint density at radius 1 is 0.933 bits per heavy atom. The van der Waals surface area contributed by atoms with Gasteiger partial charge in [-0.15, -0.1) is 0 Å². The van der Waals surface area contributed by atoms with E-state index in [-0.39, 0.29) is 0 Å². The number of aromatic nitrogens is 1. The molecule has 0 atom stereocenters. The van der Waals surface area contributed by atoms with Crippen LogP contribution in [0.25, 0.3) is 21.0 Å². The summed E-state index contributed by atoms with van der Waals surface area (Å²) >= 11 is 1.52. The predicted molar refractivity (Wildman–Crippen MR) is 178 cm³/mol. The van der Waals surface area contributed by atoms with Crippen LogP contribution in [0.5, 0.6) is 17.2 Å². The maximum atomic E-state index is 12.9. The molecule has 0 radical (unpaired) electrons. The highest BCUT2D eigenvalue weighted by molar-refractivity contribution is 7.22. The van der Waals surface area contributed by atoms with Crippen molar-refractivity contribution < 1.29 is 28.5 Å². The van der Waals surface area contributed by atoms with E-state index in [1.165, 1.54) is 11.3 Å². The Bertz CT molecular complexity index is 1780. The number of anilines is 1. The lowest BCUT2D eigenvalue weighted by Gasteiger charge is -2.11. The number of unbranched alkanes of at least 4 members (excludes halogenated alkanes) is 3. The first-order valence-electron chi connectivity index (χ1n) is 14.5. The fraction of sp³-hybridized carbons (Fsp3) is 0.200. The third-order valence-corrected chi connectivity index (χ3v) is 7.82. The summed E-state index contributed by atoms with van der Waals surface area (Å²) in [6.45, 7) is 4.33. The minimum Gasteiger partial charge on any atom is -0.496 e. The van der Waals surface area contributed by atoms with Gasteiger partial charge in [0.25, 0.3) is 0 Å². The quantitative estimate of drug-likeness (QED) is 0.0314. The summed E-state index contributed by atoms with van der Waals surface area (Å²) < 4.78 is 23.1. The maximum Gasteiger partial charge on any atom is 0.343 e. The van der Waals surface area contributed by atoms with Crippen LogP contribution in [-0.4, -0.2) is 43.5 Å². The van der Waals surface area contributed by atoms with Crippen LogP contribution in [0.3, 0.4) is 0 Å². The minimum absolute atomic E-state index is 0.394. The number of para-hydroxylation sites is 1. The number of methoxy groups -OCH3 is 1. The van der Waals surface area contributed by atoms with Gasteiger partial charge in [0.15, 0.2) is 0 Å². The number of hydrazone groups is 1. The summed E-state index contributed by atoms with van der Waals surface area (Å²) in [5, 5.41) is 6.86. The van der Waals surface area contributed by atoms with Crippen molar-refractivity contribution in [1.82, 2.24) is 4.98 Å². The largest absolute Gasteiger partial charge is 0.496 e. The lowest BCUT2D eigenvalue weighted by atomic mass is 10.0. The molecule has 0 spiro atoms. The number of hydrogen-bond donors (Lipinski definition) is 1. The van der Waals surface area contributed by atoms with Gasteiger partial charge in [-0.25, -0.2) is 14.6 Å². The van der Waals surface area contributed by atoms with E-state index in [2.05, 4.69) is 22.1 Å². The van der Waals surface area contributed by atoms with E-state index in [0.717, 1.165) is 58.3 Å². The Morgan fingerprint density at radius 3 is 2.49 bits per heavy atom. The molecular weight excluding hydrogens is 590 g/mol. The zero-order chi connectivity index (χ0) is 31.4. The average Bonchev–Trinajstić information content (AvgIpc) is 3.49. The molecule has 230 valence electrons. The first-order valence-corrected chi connectivity index (χ1v) is 15.4. The number of nitrogens with one attached hydrogen (secondary N) is 1. The summed E-state index contributed by atoms with van der Waals surface area (Å²) in [6.07, 6.45) is 6.45. The Kier molecular flexibility index (Phi) is 10.7. The van der Waals surface area contributed by atoms with Crippen molar-refractivity contribution in [3.05, 3.63) is 103 Å². The van der Waals surface area contributed by atoms with Crippen molar-refractivity contribution in [3.63, 3.8) is 0 Å². The number of ether oxygens (including phenoxy) is 4. The molecule has 0 amide bonds. The molecule has 9 nitrogen and oxygen atoms in total. The molecule has 0 aliphatic rings. The lowest BCUT2D eigenvalue weighted by Crippen LogP contribution is -2.08. The van der Waals surface area contributed by atoms with E-state index in [4.69, 9.17) is 18.9 Å². The van der Waals surface area contributed by atoms with E-state index in [1.54, 1.807) is 43.7 Å². The molecule has 5 aromatic rings. The highest BCUT2D eigenvalue weighted by Gasteiger charge is 2.12. The van der Waals surface area contributed by atoms with Crippen molar-refractivity contribution in [2.75, 3.05) is 25.7 Å². The van der Waals surface area contributed by atoms with Gasteiger partial charge in [0.05, 0.1) is 42.3 Å². The molecular formula is C35H33N3O6S. The summed E-state index contributed by atoms with van der Waals surface area (Å²) in [7, 11) is 1.61. The van der Waals surface area contributed by atoms with Crippen LogP contribution < -0.4 is 19.6 Å². The molecule has 0 aliphatic carbocycles. The van der Waals surface area contributed by atoms with Gasteiger partial charge in [-0.1, -0.05) is 36.1 Å². The molecule has 45 heavy (non-hydrogen) atoms. The second-order valence-corrected chi connectivity index (χ2v) is 11.0. The average molecular weight is 624 g/mol. The number of nitrogens with zero attached hydrogens (tertiary/aromatic N) is 2. The highest BCUT2D eigenvalue weighted by Crippen LogP contribution is 2.30. The number of benzene rings is 4. The summed E-state index contributed by atoms with van der Waals surface area (Å²) in [4.78, 5) is 28.4. The standard InChI is InChI=1S/C35H33N3O6S/c1-3-33(39)43-21-9-5-4-8-20-42-26-15-12-24(13-16-26)34(40)44-27-17-18-28-25(22-27)14-19-31(41-2)29(28)23-36-38-35-37-30-10-6-7-11-32(30)45-35/h3,6-7,10-19,22-23H,1,4-5,8-9,20-21H2,2H3,(H,37,38)/b36-23+. The molecule has 10 heteroatoms. The van der Waals surface area contributed by atoms with Gasteiger partial charge in [-0.2, -0.15) is 5.10 Å². The molecule has 0 fully saturated rings. The van der Waals surface area contributed by atoms with E-state index in [1.807, 2.05) is 48.5 Å². The van der Waals surface area contributed by atoms with Gasteiger partial charge >= 0.3 is 11.9 Å². The number of carbonyl (C=O) groups is 2. The van der Waals surface area contributed by atoms with Crippen LogP contribution in [-0.2, 0) is 9.53 Å². The lowest BCUT2D eigenvalue weighted by molar-refractivity contribution is -0.137. The molecule has 0 bridgehead atoms. The van der Waals surface area contributed by atoms with Crippen LogP contribution in [0, 0.1) is 0 Å². The van der Waals surface area contributed by atoms with E-state index in [9.17, 15) is 9.59 Å². The van der Waals surface area contributed by atoms with Gasteiger partial charge in [0, 0.05) is 11.6 Å². The summed E-state index contributed by atoms with van der Waals surface area (Å²) in [6, 6.07) is 24.0. The van der Waals surface area contributed by atoms with Crippen LogP contribution in [0.4, 0.5) is 5.13 Å². The number of carbonyl (C=O) groups excluding carboxylic acids is 2. The molecule has 0 aliphatic heterocycles. The normalized spacial score (nSPS) is 11.0. The monoisotopic (exact) mass is 623 g/mol. The van der Waals surface area contributed by atoms with E-state index < -0.39 is 11.9 Å². The minimum atomic E-state index is -0.464. The zero-order valence-electron chi connectivity index (χ0n) is 24.9. The Balaban J connectivity index is 1.15.